The quantitative estimate of drug-likeness (QED) is 0.570. The fourth-order valence-electron chi connectivity index (χ4n) is 2.75. The molecule has 64 valence electrons. The summed E-state index contributed by atoms with van der Waals surface area (Å²) >= 11 is 0. The topological polar surface area (TPSA) is 9.23 Å². The van der Waals surface area contributed by atoms with Gasteiger partial charge in [0, 0.05) is 0 Å². The van der Waals surface area contributed by atoms with Gasteiger partial charge in [0.15, 0.2) is 0 Å². The minimum Gasteiger partial charge on any atom is -0.191 e. The monoisotopic (exact) mass is 158 g/mol. The van der Waals surface area contributed by atoms with Crippen LogP contribution in [-0.4, -0.2) is 6.10 Å². The molecule has 0 heterocycles. The summed E-state index contributed by atoms with van der Waals surface area (Å²) in [6.45, 7) is 0. The van der Waals surface area contributed by atoms with Crippen molar-refractivity contribution >= 4 is 0 Å². The van der Waals surface area contributed by atoms with Gasteiger partial charge in [-0.2, -0.15) is 4.94 Å². The lowest BCUT2D eigenvalue weighted by molar-refractivity contribution is -0.177. The van der Waals surface area contributed by atoms with Crippen molar-refractivity contribution in [3.63, 3.8) is 0 Å². The molecule has 2 heteroatoms. The van der Waals surface area contributed by atoms with E-state index in [0.717, 1.165) is 24.7 Å². The lowest BCUT2D eigenvalue weighted by Crippen LogP contribution is -2.12. The van der Waals surface area contributed by atoms with E-state index in [9.17, 15) is 4.53 Å². The molecule has 0 N–H and O–H groups in total. The summed E-state index contributed by atoms with van der Waals surface area (Å²) in [5.74, 6) is 1.56. The third-order valence-corrected chi connectivity index (χ3v) is 3.32. The Bertz CT molecular complexity index is 124. The highest BCUT2D eigenvalue weighted by molar-refractivity contribution is 4.86. The molecular formula is C9H15FO. The van der Waals surface area contributed by atoms with E-state index in [1.165, 1.54) is 25.7 Å². The molecule has 0 aromatic carbocycles. The lowest BCUT2D eigenvalue weighted by Gasteiger charge is -2.23. The van der Waals surface area contributed by atoms with Crippen LogP contribution in [0.3, 0.4) is 0 Å². The predicted molar refractivity (Wildman–Crippen MR) is 40.7 cm³/mol. The molecule has 2 fully saturated rings. The van der Waals surface area contributed by atoms with Crippen molar-refractivity contribution in [1.29, 1.82) is 0 Å². The molecule has 2 unspecified atom stereocenters. The van der Waals surface area contributed by atoms with Crippen molar-refractivity contribution < 1.29 is 9.47 Å². The zero-order chi connectivity index (χ0) is 7.68. The molecular weight excluding hydrogens is 143 g/mol. The third kappa shape index (κ3) is 1.41. The van der Waals surface area contributed by atoms with Crippen LogP contribution in [0.4, 0.5) is 4.53 Å². The third-order valence-electron chi connectivity index (χ3n) is 3.32. The second-order valence-corrected chi connectivity index (χ2v) is 3.99. The molecule has 0 amide bonds. The Kier molecular flexibility index (Phi) is 2.12. The van der Waals surface area contributed by atoms with Crippen molar-refractivity contribution in [1.82, 2.24) is 0 Å². The summed E-state index contributed by atoms with van der Waals surface area (Å²) in [6.07, 6.45) is 7.20. The largest absolute Gasteiger partial charge is 0.191 e. The van der Waals surface area contributed by atoms with E-state index in [2.05, 4.69) is 4.94 Å². The van der Waals surface area contributed by atoms with Gasteiger partial charge in [-0.3, -0.25) is 0 Å². The molecule has 0 aromatic rings. The fourth-order valence-corrected chi connectivity index (χ4v) is 2.75. The fraction of sp³-hybridized carbons (Fsp3) is 1.00. The molecule has 2 aliphatic rings. The van der Waals surface area contributed by atoms with Crippen molar-refractivity contribution in [3.05, 3.63) is 0 Å². The Labute approximate surface area is 66.8 Å². The van der Waals surface area contributed by atoms with Gasteiger partial charge in [-0.15, -0.1) is 0 Å². The van der Waals surface area contributed by atoms with Crippen LogP contribution in [0.2, 0.25) is 0 Å². The molecule has 1 nitrogen and oxygen atoms in total. The van der Waals surface area contributed by atoms with Crippen LogP contribution < -0.4 is 0 Å². The van der Waals surface area contributed by atoms with E-state index in [0.29, 0.717) is 0 Å². The van der Waals surface area contributed by atoms with Gasteiger partial charge in [0.05, 0.1) is 6.10 Å². The van der Waals surface area contributed by atoms with Crippen molar-refractivity contribution in [3.8, 4) is 0 Å². The summed E-state index contributed by atoms with van der Waals surface area (Å²) in [5.41, 5.74) is 0. The summed E-state index contributed by atoms with van der Waals surface area (Å²) in [7, 11) is 0. The number of hydrogen-bond donors (Lipinski definition) is 0. The molecule has 2 aliphatic carbocycles. The molecule has 0 bridgehead atoms. The van der Waals surface area contributed by atoms with Gasteiger partial charge in [-0.25, -0.2) is 0 Å². The van der Waals surface area contributed by atoms with Crippen molar-refractivity contribution in [2.24, 2.45) is 11.8 Å². The van der Waals surface area contributed by atoms with E-state index in [1.807, 2.05) is 0 Å². The summed E-state index contributed by atoms with van der Waals surface area (Å²) in [6, 6.07) is 0. The molecule has 0 spiro atoms. The zero-order valence-corrected chi connectivity index (χ0v) is 6.76. The Balaban J connectivity index is 1.92. The van der Waals surface area contributed by atoms with Crippen LogP contribution in [0.5, 0.6) is 0 Å². The zero-order valence-electron chi connectivity index (χ0n) is 6.76. The van der Waals surface area contributed by atoms with Crippen LogP contribution in [0, 0.1) is 11.8 Å². The molecule has 0 aromatic heterocycles. The van der Waals surface area contributed by atoms with Crippen LogP contribution >= 0.6 is 0 Å². The van der Waals surface area contributed by atoms with E-state index in [-0.39, 0.29) is 6.10 Å². The molecule has 0 radical (unpaired) electrons. The first-order valence-corrected chi connectivity index (χ1v) is 4.67. The van der Waals surface area contributed by atoms with Gasteiger partial charge in [0.25, 0.3) is 0 Å². The van der Waals surface area contributed by atoms with Gasteiger partial charge >= 0.3 is 0 Å². The lowest BCUT2D eigenvalue weighted by atomic mass is 9.82. The highest BCUT2D eigenvalue weighted by atomic mass is 19.3. The smallest absolute Gasteiger partial charge is 0.0989 e. The number of rotatable bonds is 1. The Hall–Kier alpha value is -0.110. The Morgan fingerprint density at radius 3 is 2.00 bits per heavy atom. The minimum absolute atomic E-state index is 0.0666. The van der Waals surface area contributed by atoms with Gasteiger partial charge in [0.2, 0.25) is 0 Å². The van der Waals surface area contributed by atoms with E-state index >= 15 is 0 Å². The van der Waals surface area contributed by atoms with Gasteiger partial charge in [0.1, 0.15) is 0 Å². The first-order valence-electron chi connectivity index (χ1n) is 4.67. The second-order valence-electron chi connectivity index (χ2n) is 3.99. The molecule has 0 saturated heterocycles. The molecule has 2 rings (SSSR count). The minimum atomic E-state index is -0.0666. The van der Waals surface area contributed by atoms with Crippen LogP contribution in [0.15, 0.2) is 0 Å². The van der Waals surface area contributed by atoms with Crippen molar-refractivity contribution in [2.75, 3.05) is 0 Å². The van der Waals surface area contributed by atoms with Gasteiger partial charge in [-0.1, -0.05) is 25.7 Å². The highest BCUT2D eigenvalue weighted by Crippen LogP contribution is 2.43. The summed E-state index contributed by atoms with van der Waals surface area (Å²) in [4.78, 5) is 3.90. The average Bonchev–Trinajstić information content (AvgIpc) is 2.46. The van der Waals surface area contributed by atoms with Crippen molar-refractivity contribution in [2.45, 2.75) is 44.6 Å². The molecule has 2 saturated carbocycles. The van der Waals surface area contributed by atoms with Crippen LogP contribution in [0.25, 0.3) is 0 Å². The van der Waals surface area contributed by atoms with E-state index < -0.39 is 0 Å². The van der Waals surface area contributed by atoms with E-state index in [4.69, 9.17) is 0 Å². The standard InChI is InChI=1S/C9H15FO/c10-11-9-5-7-3-1-2-4-8(7)6-9/h7-9H,1-6H2. The summed E-state index contributed by atoms with van der Waals surface area (Å²) < 4.78 is 11.8. The second kappa shape index (κ2) is 3.10. The Morgan fingerprint density at radius 1 is 1.00 bits per heavy atom. The summed E-state index contributed by atoms with van der Waals surface area (Å²) in [5, 5.41) is 0. The van der Waals surface area contributed by atoms with Gasteiger partial charge < -0.3 is 0 Å². The molecule has 0 aliphatic heterocycles. The first kappa shape index (κ1) is 7.53. The number of fused-ring (bicyclic) bond motifs is 1. The normalized spacial score (nSPS) is 43.9. The molecule has 2 atom stereocenters. The maximum atomic E-state index is 11.8. The SMILES string of the molecule is FOC1CC2CCCCC2C1. The van der Waals surface area contributed by atoms with Crippen LogP contribution in [0.1, 0.15) is 38.5 Å². The maximum absolute atomic E-state index is 11.8. The number of halogens is 1. The predicted octanol–water partition coefficient (Wildman–Crippen LogP) is 2.86. The molecule has 11 heavy (non-hydrogen) atoms. The highest BCUT2D eigenvalue weighted by Gasteiger charge is 2.36. The Morgan fingerprint density at radius 2 is 1.55 bits per heavy atom. The van der Waals surface area contributed by atoms with Gasteiger partial charge in [-0.05, 0) is 29.2 Å². The maximum Gasteiger partial charge on any atom is 0.0989 e. The first-order chi connectivity index (χ1) is 5.40. The van der Waals surface area contributed by atoms with E-state index in [1.54, 1.807) is 0 Å². The average molecular weight is 158 g/mol. The number of hydrogen-bond acceptors (Lipinski definition) is 1. The van der Waals surface area contributed by atoms with Crippen LogP contribution in [-0.2, 0) is 4.94 Å².